The number of aromatic amines is 1. The second kappa shape index (κ2) is 3.61. The Kier molecular flexibility index (Phi) is 2.29. The first-order valence-electron chi connectivity index (χ1n) is 4.46. The van der Waals surface area contributed by atoms with Crippen molar-refractivity contribution in [3.05, 3.63) is 39.9 Å². The van der Waals surface area contributed by atoms with Gasteiger partial charge in [-0.3, -0.25) is 4.52 Å². The van der Waals surface area contributed by atoms with Crippen LogP contribution in [0.4, 0.5) is 0 Å². The average Bonchev–Trinajstić information content (AvgIpc) is 2.56. The highest BCUT2D eigenvalue weighted by molar-refractivity contribution is 5.36. The molecule has 0 atom stereocenters. The summed E-state index contributed by atoms with van der Waals surface area (Å²) in [7, 11) is 0. The lowest BCUT2D eigenvalue weighted by Crippen LogP contribution is -1.96. The molecule has 0 saturated heterocycles. The maximum atomic E-state index is 10.7. The van der Waals surface area contributed by atoms with Crippen LogP contribution in [0.2, 0.25) is 0 Å². The van der Waals surface area contributed by atoms with Gasteiger partial charge in [-0.2, -0.15) is 0 Å². The first-order chi connectivity index (χ1) is 7.15. The van der Waals surface area contributed by atoms with Gasteiger partial charge in [0.1, 0.15) is 5.75 Å². The lowest BCUT2D eigenvalue weighted by molar-refractivity contribution is 0.350. The molecule has 1 aromatic heterocycles. The first kappa shape index (κ1) is 9.51. The van der Waals surface area contributed by atoms with Crippen LogP contribution in [-0.4, -0.2) is 10.1 Å². The molecule has 0 saturated carbocycles. The largest absolute Gasteiger partial charge is 0.441 e. The predicted octanol–water partition coefficient (Wildman–Crippen LogP) is 1.77. The number of hydrogen-bond acceptors (Lipinski definition) is 4. The van der Waals surface area contributed by atoms with Crippen LogP contribution in [0, 0.1) is 13.8 Å². The van der Waals surface area contributed by atoms with Gasteiger partial charge in [0, 0.05) is 0 Å². The number of ether oxygens (including phenoxy) is 1. The molecule has 0 bridgehead atoms. The molecular formula is C10H10N2O3. The summed E-state index contributed by atoms with van der Waals surface area (Å²) < 4.78 is 9.64. The van der Waals surface area contributed by atoms with Gasteiger partial charge in [0.05, 0.1) is 0 Å². The molecule has 0 spiro atoms. The molecule has 78 valence electrons. The number of aryl methyl sites for hydroxylation is 2. The normalized spacial score (nSPS) is 10.3. The van der Waals surface area contributed by atoms with Crippen LogP contribution in [0.5, 0.6) is 11.8 Å². The van der Waals surface area contributed by atoms with E-state index in [9.17, 15) is 4.79 Å². The molecule has 0 unspecified atom stereocenters. The Balaban J connectivity index is 2.28. The molecule has 0 aliphatic rings. The molecule has 1 N–H and O–H groups in total. The van der Waals surface area contributed by atoms with Crippen molar-refractivity contribution in [2.75, 3.05) is 0 Å². The molecule has 5 nitrogen and oxygen atoms in total. The predicted molar refractivity (Wildman–Crippen MR) is 53.1 cm³/mol. The van der Waals surface area contributed by atoms with Gasteiger partial charge in [-0.05, 0) is 30.6 Å². The van der Waals surface area contributed by atoms with Crippen molar-refractivity contribution in [2.24, 2.45) is 0 Å². The van der Waals surface area contributed by atoms with Crippen LogP contribution in [0.3, 0.4) is 0 Å². The zero-order valence-corrected chi connectivity index (χ0v) is 8.40. The van der Waals surface area contributed by atoms with E-state index in [0.717, 1.165) is 11.1 Å². The molecule has 0 radical (unpaired) electrons. The number of rotatable bonds is 2. The summed E-state index contributed by atoms with van der Waals surface area (Å²) in [6, 6.07) is 5.78. The molecule has 1 heterocycles. The fourth-order valence-electron chi connectivity index (χ4n) is 1.28. The molecule has 0 aliphatic carbocycles. The van der Waals surface area contributed by atoms with Gasteiger partial charge in [-0.15, -0.1) is 0 Å². The summed E-state index contributed by atoms with van der Waals surface area (Å²) in [6.45, 7) is 3.91. The number of nitrogens with zero attached hydrogens (tertiary/aromatic N) is 1. The lowest BCUT2D eigenvalue weighted by Gasteiger charge is -2.04. The number of H-pyrrole nitrogens is 1. The van der Waals surface area contributed by atoms with Gasteiger partial charge >= 0.3 is 11.8 Å². The van der Waals surface area contributed by atoms with E-state index in [0.29, 0.717) is 5.75 Å². The summed E-state index contributed by atoms with van der Waals surface area (Å²) in [5.41, 5.74) is 2.12. The standard InChI is InChI=1S/C10H10N2O3/c1-6-3-4-8(7(2)5-6)14-9-11-10(13)15-12-9/h3-5H,1-2H3,(H,11,12,13). The van der Waals surface area contributed by atoms with Crippen molar-refractivity contribution in [1.82, 2.24) is 10.1 Å². The highest BCUT2D eigenvalue weighted by Crippen LogP contribution is 2.22. The van der Waals surface area contributed by atoms with Crippen molar-refractivity contribution in [3.8, 4) is 11.8 Å². The van der Waals surface area contributed by atoms with Gasteiger partial charge in [-0.25, -0.2) is 9.78 Å². The Morgan fingerprint density at radius 1 is 1.40 bits per heavy atom. The molecule has 5 heteroatoms. The minimum atomic E-state index is -0.630. The Hall–Kier alpha value is -2.04. The molecule has 2 rings (SSSR count). The Labute approximate surface area is 85.7 Å². The Bertz CT molecular complexity index is 527. The second-order valence-electron chi connectivity index (χ2n) is 3.27. The number of nitrogens with one attached hydrogen (secondary N) is 1. The highest BCUT2D eigenvalue weighted by atomic mass is 16.6. The minimum absolute atomic E-state index is 0.0620. The van der Waals surface area contributed by atoms with Crippen molar-refractivity contribution in [3.63, 3.8) is 0 Å². The molecule has 1 aromatic carbocycles. The third-order valence-corrected chi connectivity index (χ3v) is 1.96. The van der Waals surface area contributed by atoms with Gasteiger partial charge in [-0.1, -0.05) is 17.7 Å². The fraction of sp³-hybridized carbons (Fsp3) is 0.200. The molecule has 0 fully saturated rings. The number of benzene rings is 1. The fourth-order valence-corrected chi connectivity index (χ4v) is 1.28. The van der Waals surface area contributed by atoms with Gasteiger partial charge < -0.3 is 4.74 Å². The minimum Gasteiger partial charge on any atom is -0.423 e. The third-order valence-electron chi connectivity index (χ3n) is 1.96. The molecule has 2 aromatic rings. The van der Waals surface area contributed by atoms with Crippen LogP contribution in [0.25, 0.3) is 0 Å². The monoisotopic (exact) mass is 206 g/mol. The maximum Gasteiger partial charge on any atom is 0.441 e. The first-order valence-corrected chi connectivity index (χ1v) is 4.46. The topological polar surface area (TPSA) is 68.1 Å². The van der Waals surface area contributed by atoms with E-state index in [1.165, 1.54) is 0 Å². The molecule has 0 amide bonds. The lowest BCUT2D eigenvalue weighted by atomic mass is 10.1. The number of aromatic nitrogens is 2. The molecular weight excluding hydrogens is 196 g/mol. The van der Waals surface area contributed by atoms with Crippen molar-refractivity contribution in [1.29, 1.82) is 0 Å². The smallest absolute Gasteiger partial charge is 0.423 e. The highest BCUT2D eigenvalue weighted by Gasteiger charge is 2.05. The zero-order chi connectivity index (χ0) is 10.8. The average molecular weight is 206 g/mol. The quantitative estimate of drug-likeness (QED) is 0.813. The van der Waals surface area contributed by atoms with Crippen LogP contribution in [0.15, 0.2) is 27.5 Å². The van der Waals surface area contributed by atoms with E-state index in [4.69, 9.17) is 4.74 Å². The van der Waals surface area contributed by atoms with Gasteiger partial charge in [0.2, 0.25) is 0 Å². The van der Waals surface area contributed by atoms with Crippen LogP contribution in [-0.2, 0) is 0 Å². The van der Waals surface area contributed by atoms with Crippen LogP contribution >= 0.6 is 0 Å². The third kappa shape index (κ3) is 2.07. The van der Waals surface area contributed by atoms with E-state index >= 15 is 0 Å². The summed E-state index contributed by atoms with van der Waals surface area (Å²) in [6.07, 6.45) is 0. The summed E-state index contributed by atoms with van der Waals surface area (Å²) in [5, 5.41) is 3.41. The van der Waals surface area contributed by atoms with Crippen molar-refractivity contribution >= 4 is 0 Å². The summed E-state index contributed by atoms with van der Waals surface area (Å²) in [5.74, 6) is 0.0138. The SMILES string of the molecule is Cc1ccc(Oc2noc(=O)[nH]2)c(C)c1. The van der Waals surface area contributed by atoms with Crippen LogP contribution in [0.1, 0.15) is 11.1 Å². The second-order valence-corrected chi connectivity index (χ2v) is 3.27. The van der Waals surface area contributed by atoms with Crippen molar-refractivity contribution in [2.45, 2.75) is 13.8 Å². The molecule has 0 aliphatic heterocycles. The van der Waals surface area contributed by atoms with E-state index in [1.54, 1.807) is 0 Å². The van der Waals surface area contributed by atoms with Crippen LogP contribution < -0.4 is 10.5 Å². The van der Waals surface area contributed by atoms with E-state index in [2.05, 4.69) is 14.7 Å². The number of hydrogen-bond donors (Lipinski definition) is 1. The van der Waals surface area contributed by atoms with Crippen molar-refractivity contribution < 1.29 is 9.26 Å². The van der Waals surface area contributed by atoms with Gasteiger partial charge in [0.25, 0.3) is 0 Å². The van der Waals surface area contributed by atoms with Gasteiger partial charge in [0.15, 0.2) is 0 Å². The summed E-state index contributed by atoms with van der Waals surface area (Å²) >= 11 is 0. The van der Waals surface area contributed by atoms with E-state index < -0.39 is 5.76 Å². The zero-order valence-electron chi connectivity index (χ0n) is 8.40. The maximum absolute atomic E-state index is 10.7. The van der Waals surface area contributed by atoms with E-state index in [-0.39, 0.29) is 6.01 Å². The van der Waals surface area contributed by atoms with E-state index in [1.807, 2.05) is 32.0 Å². The summed E-state index contributed by atoms with van der Waals surface area (Å²) in [4.78, 5) is 13.0. The Morgan fingerprint density at radius 3 is 2.80 bits per heavy atom. The Morgan fingerprint density at radius 2 is 2.20 bits per heavy atom. The molecule has 15 heavy (non-hydrogen) atoms.